The molecule has 0 aliphatic rings. The number of pyridine rings is 1. The molecule has 15 heavy (non-hydrogen) atoms. The zero-order valence-electron chi connectivity index (χ0n) is 9.20. The van der Waals surface area contributed by atoms with Gasteiger partial charge in [0, 0.05) is 30.8 Å². The molecule has 0 saturated heterocycles. The molecule has 0 atom stereocenters. The maximum absolute atomic E-state index is 4.33. The summed E-state index contributed by atoms with van der Waals surface area (Å²) >= 11 is 1.89. The fraction of sp³-hybridized carbons (Fsp3) is 0.417. The zero-order chi connectivity index (χ0) is 10.9. The fourth-order valence-electron chi connectivity index (χ4n) is 1.22. The molecule has 0 aromatic carbocycles. The first-order valence-corrected chi connectivity index (χ1v) is 6.30. The lowest BCUT2D eigenvalue weighted by Crippen LogP contribution is -2.18. The monoisotopic (exact) mass is 222 g/mol. The number of hydrogen-bond acceptors (Lipinski definition) is 3. The minimum Gasteiger partial charge on any atom is -0.310 e. The third-order valence-electron chi connectivity index (χ3n) is 2.07. The van der Waals surface area contributed by atoms with Gasteiger partial charge < -0.3 is 5.32 Å². The van der Waals surface area contributed by atoms with E-state index in [0.29, 0.717) is 0 Å². The summed E-state index contributed by atoms with van der Waals surface area (Å²) < 4.78 is 0. The normalized spacial score (nSPS) is 10.2. The lowest BCUT2D eigenvalue weighted by molar-refractivity contribution is 0.711. The van der Waals surface area contributed by atoms with Crippen LogP contribution in [0.3, 0.4) is 0 Å². The molecule has 0 radical (unpaired) electrons. The number of hydrogen-bond donors (Lipinski definition) is 1. The Morgan fingerprint density at radius 3 is 3.20 bits per heavy atom. The Morgan fingerprint density at radius 2 is 2.47 bits per heavy atom. The molecule has 1 aromatic rings. The highest BCUT2D eigenvalue weighted by atomic mass is 32.2. The van der Waals surface area contributed by atoms with Crippen molar-refractivity contribution >= 4 is 11.8 Å². The van der Waals surface area contributed by atoms with Crippen molar-refractivity contribution in [2.24, 2.45) is 0 Å². The molecule has 1 rings (SSSR count). The molecule has 0 fully saturated rings. The SMILES string of the molecule is C=CCSCCNCc1ncccc1C. The zero-order valence-corrected chi connectivity index (χ0v) is 10.0. The fourth-order valence-corrected chi connectivity index (χ4v) is 1.84. The van der Waals surface area contributed by atoms with Crippen LogP contribution in [-0.2, 0) is 6.54 Å². The summed E-state index contributed by atoms with van der Waals surface area (Å²) in [5.41, 5.74) is 2.40. The van der Waals surface area contributed by atoms with E-state index in [-0.39, 0.29) is 0 Å². The molecule has 1 aromatic heterocycles. The summed E-state index contributed by atoms with van der Waals surface area (Å²) in [6.07, 6.45) is 3.78. The van der Waals surface area contributed by atoms with E-state index in [2.05, 4.69) is 29.9 Å². The van der Waals surface area contributed by atoms with E-state index in [1.165, 1.54) is 5.56 Å². The van der Waals surface area contributed by atoms with Crippen molar-refractivity contribution in [3.8, 4) is 0 Å². The molecular weight excluding hydrogens is 204 g/mol. The lowest BCUT2D eigenvalue weighted by Gasteiger charge is -2.05. The van der Waals surface area contributed by atoms with E-state index in [0.717, 1.165) is 30.3 Å². The number of rotatable bonds is 7. The molecule has 0 spiro atoms. The molecule has 0 saturated carbocycles. The molecule has 3 heteroatoms. The number of nitrogens with zero attached hydrogens (tertiary/aromatic N) is 1. The highest BCUT2D eigenvalue weighted by Crippen LogP contribution is 2.02. The topological polar surface area (TPSA) is 24.9 Å². The van der Waals surface area contributed by atoms with E-state index in [1.54, 1.807) is 0 Å². The van der Waals surface area contributed by atoms with Gasteiger partial charge >= 0.3 is 0 Å². The average molecular weight is 222 g/mol. The first-order chi connectivity index (χ1) is 7.34. The van der Waals surface area contributed by atoms with Crippen molar-refractivity contribution < 1.29 is 0 Å². The van der Waals surface area contributed by atoms with Gasteiger partial charge in [-0.15, -0.1) is 6.58 Å². The quantitative estimate of drug-likeness (QED) is 0.566. The molecular formula is C12H18N2S. The van der Waals surface area contributed by atoms with Crippen molar-refractivity contribution in [1.29, 1.82) is 0 Å². The van der Waals surface area contributed by atoms with Crippen LogP contribution >= 0.6 is 11.8 Å². The van der Waals surface area contributed by atoms with E-state index >= 15 is 0 Å². The summed E-state index contributed by atoms with van der Waals surface area (Å²) in [5, 5.41) is 3.38. The van der Waals surface area contributed by atoms with Gasteiger partial charge in [-0.2, -0.15) is 11.8 Å². The summed E-state index contributed by atoms with van der Waals surface area (Å²) in [6.45, 7) is 7.66. The second-order valence-electron chi connectivity index (χ2n) is 3.31. The third-order valence-corrected chi connectivity index (χ3v) is 3.03. The Labute approximate surface area is 96.2 Å². The van der Waals surface area contributed by atoms with Gasteiger partial charge in [0.15, 0.2) is 0 Å². The van der Waals surface area contributed by atoms with Gasteiger partial charge in [0.1, 0.15) is 0 Å². The van der Waals surface area contributed by atoms with Crippen LogP contribution in [0.25, 0.3) is 0 Å². The van der Waals surface area contributed by atoms with E-state index in [9.17, 15) is 0 Å². The largest absolute Gasteiger partial charge is 0.310 e. The highest BCUT2D eigenvalue weighted by Gasteiger charge is 1.96. The molecule has 0 unspecified atom stereocenters. The molecule has 2 nitrogen and oxygen atoms in total. The average Bonchev–Trinajstić information content (AvgIpc) is 2.25. The Kier molecular flexibility index (Phi) is 6.12. The van der Waals surface area contributed by atoms with Crippen molar-refractivity contribution in [3.63, 3.8) is 0 Å². The van der Waals surface area contributed by atoms with Gasteiger partial charge in [-0.1, -0.05) is 12.1 Å². The predicted molar refractivity (Wildman–Crippen MR) is 68.2 cm³/mol. The van der Waals surface area contributed by atoms with Gasteiger partial charge in [-0.05, 0) is 18.6 Å². The minimum atomic E-state index is 0.862. The molecule has 0 aliphatic heterocycles. The van der Waals surface area contributed by atoms with E-state index in [1.807, 2.05) is 30.1 Å². The second kappa shape index (κ2) is 7.49. The summed E-state index contributed by atoms with van der Waals surface area (Å²) in [5.74, 6) is 2.15. The van der Waals surface area contributed by atoms with E-state index < -0.39 is 0 Å². The molecule has 0 amide bonds. The Hall–Kier alpha value is -0.800. The number of nitrogens with one attached hydrogen (secondary N) is 1. The van der Waals surface area contributed by atoms with Crippen molar-refractivity contribution in [3.05, 3.63) is 42.2 Å². The molecule has 0 bridgehead atoms. The van der Waals surface area contributed by atoms with Crippen LogP contribution in [0.15, 0.2) is 31.0 Å². The maximum atomic E-state index is 4.33. The standard InChI is InChI=1S/C12H18N2S/c1-3-8-15-9-7-13-10-12-11(2)5-4-6-14-12/h3-6,13H,1,7-10H2,2H3. The van der Waals surface area contributed by atoms with Crippen LogP contribution in [0.4, 0.5) is 0 Å². The van der Waals surface area contributed by atoms with Crippen LogP contribution in [0.5, 0.6) is 0 Å². The predicted octanol–water partition coefficient (Wildman–Crippen LogP) is 2.40. The number of thioether (sulfide) groups is 1. The van der Waals surface area contributed by atoms with Crippen molar-refractivity contribution in [2.45, 2.75) is 13.5 Å². The van der Waals surface area contributed by atoms with Crippen molar-refractivity contribution in [2.75, 3.05) is 18.1 Å². The van der Waals surface area contributed by atoms with Crippen LogP contribution in [0.1, 0.15) is 11.3 Å². The van der Waals surface area contributed by atoms with Crippen LogP contribution in [0, 0.1) is 6.92 Å². The van der Waals surface area contributed by atoms with Crippen LogP contribution in [0.2, 0.25) is 0 Å². The Balaban J connectivity index is 2.15. The van der Waals surface area contributed by atoms with Gasteiger partial charge in [0.05, 0.1) is 5.69 Å². The maximum Gasteiger partial charge on any atom is 0.0570 e. The van der Waals surface area contributed by atoms with Gasteiger partial charge in [0.25, 0.3) is 0 Å². The third kappa shape index (κ3) is 5.00. The highest BCUT2D eigenvalue weighted by molar-refractivity contribution is 7.99. The first-order valence-electron chi connectivity index (χ1n) is 5.14. The second-order valence-corrected chi connectivity index (χ2v) is 4.46. The lowest BCUT2D eigenvalue weighted by atomic mass is 10.2. The molecule has 0 aliphatic carbocycles. The van der Waals surface area contributed by atoms with Gasteiger partial charge in [0.2, 0.25) is 0 Å². The van der Waals surface area contributed by atoms with Gasteiger partial charge in [-0.25, -0.2) is 0 Å². The smallest absolute Gasteiger partial charge is 0.0570 e. The first kappa shape index (κ1) is 12.3. The van der Waals surface area contributed by atoms with Gasteiger partial charge in [-0.3, -0.25) is 4.98 Å². The Morgan fingerprint density at radius 1 is 1.60 bits per heavy atom. The summed E-state index contributed by atoms with van der Waals surface area (Å²) in [4.78, 5) is 4.33. The molecule has 1 heterocycles. The molecule has 82 valence electrons. The van der Waals surface area contributed by atoms with Crippen LogP contribution in [-0.4, -0.2) is 23.0 Å². The minimum absolute atomic E-state index is 0.862. The Bertz CT molecular complexity index is 299. The number of aryl methyl sites for hydroxylation is 1. The van der Waals surface area contributed by atoms with Crippen LogP contribution < -0.4 is 5.32 Å². The van der Waals surface area contributed by atoms with Crippen molar-refractivity contribution in [1.82, 2.24) is 10.3 Å². The van der Waals surface area contributed by atoms with E-state index in [4.69, 9.17) is 0 Å². The number of aromatic nitrogens is 1. The summed E-state index contributed by atoms with van der Waals surface area (Å²) in [7, 11) is 0. The molecule has 1 N–H and O–H groups in total. The summed E-state index contributed by atoms with van der Waals surface area (Å²) in [6, 6.07) is 4.06.